The Balaban J connectivity index is 1.27. The van der Waals surface area contributed by atoms with E-state index in [2.05, 4.69) is 5.16 Å². The number of piperazine rings is 1. The molecule has 3 amide bonds. The van der Waals surface area contributed by atoms with Crippen LogP contribution in [-0.4, -0.2) is 65.4 Å². The van der Waals surface area contributed by atoms with E-state index in [1.54, 1.807) is 9.80 Å². The van der Waals surface area contributed by atoms with E-state index in [1.165, 1.54) is 0 Å². The van der Waals surface area contributed by atoms with Crippen LogP contribution in [0.1, 0.15) is 35.4 Å². The second-order valence-corrected chi connectivity index (χ2v) is 8.23. The van der Waals surface area contributed by atoms with Gasteiger partial charge in [-0.3, -0.25) is 14.4 Å². The second-order valence-electron chi connectivity index (χ2n) is 8.23. The second kappa shape index (κ2) is 8.91. The lowest BCUT2D eigenvalue weighted by atomic mass is 10.1. The number of carbonyl (C=O) groups excluding carboxylic acids is 3. The smallest absolute Gasteiger partial charge is 0.227 e. The molecule has 8 nitrogen and oxygen atoms in total. The summed E-state index contributed by atoms with van der Waals surface area (Å²) in [5.41, 5.74) is 3.42. The molecule has 1 aromatic heterocycles. The highest BCUT2D eigenvalue weighted by atomic mass is 16.5. The van der Waals surface area contributed by atoms with Crippen molar-refractivity contribution in [1.82, 2.24) is 15.0 Å². The monoisotopic (exact) mass is 424 g/mol. The summed E-state index contributed by atoms with van der Waals surface area (Å²) in [6.07, 6.45) is 2.10. The van der Waals surface area contributed by atoms with Crippen molar-refractivity contribution in [3.8, 4) is 0 Å². The summed E-state index contributed by atoms with van der Waals surface area (Å²) in [7, 11) is 0. The topological polar surface area (TPSA) is 87.0 Å². The zero-order chi connectivity index (χ0) is 22.0. The van der Waals surface area contributed by atoms with Crippen molar-refractivity contribution in [3.05, 3.63) is 46.8 Å². The Kier molecular flexibility index (Phi) is 6.06. The number of hydrogen-bond donors (Lipinski definition) is 0. The molecule has 2 aliphatic heterocycles. The van der Waals surface area contributed by atoms with Gasteiger partial charge in [0.1, 0.15) is 5.76 Å². The van der Waals surface area contributed by atoms with Crippen molar-refractivity contribution in [3.63, 3.8) is 0 Å². The first-order valence-corrected chi connectivity index (χ1v) is 10.8. The number of rotatable bonds is 5. The number of nitrogens with zero attached hydrogens (tertiary/aromatic N) is 4. The zero-order valence-corrected chi connectivity index (χ0v) is 18.1. The molecule has 164 valence electrons. The van der Waals surface area contributed by atoms with Gasteiger partial charge in [0.15, 0.2) is 0 Å². The third-order valence-corrected chi connectivity index (χ3v) is 6.17. The molecule has 8 heteroatoms. The normalized spacial score (nSPS) is 16.8. The maximum Gasteiger partial charge on any atom is 0.227 e. The summed E-state index contributed by atoms with van der Waals surface area (Å²) in [6.45, 7) is 6.54. The predicted molar refractivity (Wildman–Crippen MR) is 115 cm³/mol. The van der Waals surface area contributed by atoms with Gasteiger partial charge in [0, 0.05) is 50.4 Å². The average molecular weight is 425 g/mol. The molecule has 2 aliphatic rings. The van der Waals surface area contributed by atoms with Gasteiger partial charge in [0.25, 0.3) is 0 Å². The molecule has 2 saturated heterocycles. The standard InChI is InChI=1S/C23H28N4O4/c1-16-20(17(2)31-24-16)15-23(30)26-12-10-25(11-13-26)22(29)14-18-5-7-19(8-6-18)27-9-3-4-21(27)28/h5-8H,3-4,9-15H2,1-2H3. The zero-order valence-electron chi connectivity index (χ0n) is 18.1. The lowest BCUT2D eigenvalue weighted by Crippen LogP contribution is -2.51. The molecule has 0 bridgehead atoms. The summed E-state index contributed by atoms with van der Waals surface area (Å²) < 4.78 is 5.14. The first-order valence-electron chi connectivity index (χ1n) is 10.8. The van der Waals surface area contributed by atoms with E-state index in [9.17, 15) is 14.4 Å². The minimum atomic E-state index is 0.0357. The molecule has 0 aliphatic carbocycles. The predicted octanol–water partition coefficient (Wildman–Crippen LogP) is 1.87. The third kappa shape index (κ3) is 4.62. The van der Waals surface area contributed by atoms with Crippen LogP contribution in [0.3, 0.4) is 0 Å². The van der Waals surface area contributed by atoms with Crippen molar-refractivity contribution in [2.45, 2.75) is 39.5 Å². The first-order chi connectivity index (χ1) is 14.9. The van der Waals surface area contributed by atoms with E-state index in [0.29, 0.717) is 44.8 Å². The average Bonchev–Trinajstić information content (AvgIpc) is 3.34. The fourth-order valence-electron chi connectivity index (χ4n) is 4.22. The number of carbonyl (C=O) groups is 3. The Bertz CT molecular complexity index is 954. The Hall–Kier alpha value is -3.16. The van der Waals surface area contributed by atoms with Crippen LogP contribution in [0.2, 0.25) is 0 Å². The maximum absolute atomic E-state index is 12.7. The molecule has 0 unspecified atom stereocenters. The molecule has 1 aromatic carbocycles. The summed E-state index contributed by atoms with van der Waals surface area (Å²) in [5.74, 6) is 0.932. The fourth-order valence-corrected chi connectivity index (χ4v) is 4.22. The molecule has 31 heavy (non-hydrogen) atoms. The van der Waals surface area contributed by atoms with Gasteiger partial charge in [-0.15, -0.1) is 0 Å². The van der Waals surface area contributed by atoms with Gasteiger partial charge < -0.3 is 19.2 Å². The van der Waals surface area contributed by atoms with Crippen LogP contribution in [0, 0.1) is 13.8 Å². The van der Waals surface area contributed by atoms with Crippen LogP contribution in [0.5, 0.6) is 0 Å². The molecule has 4 rings (SSSR count). The quantitative estimate of drug-likeness (QED) is 0.731. The van der Waals surface area contributed by atoms with Gasteiger partial charge in [-0.1, -0.05) is 17.3 Å². The van der Waals surface area contributed by atoms with E-state index < -0.39 is 0 Å². The number of aromatic nitrogens is 1. The number of hydrogen-bond acceptors (Lipinski definition) is 5. The lowest BCUT2D eigenvalue weighted by molar-refractivity contribution is -0.138. The van der Waals surface area contributed by atoms with Gasteiger partial charge in [-0.05, 0) is 38.0 Å². The Morgan fingerprint density at radius 3 is 2.06 bits per heavy atom. The summed E-state index contributed by atoms with van der Waals surface area (Å²) in [4.78, 5) is 42.6. The molecule has 0 saturated carbocycles. The molecule has 0 spiro atoms. The molecule has 2 fully saturated rings. The molecular formula is C23H28N4O4. The van der Waals surface area contributed by atoms with Crippen molar-refractivity contribution < 1.29 is 18.9 Å². The first kappa shape index (κ1) is 21.1. The van der Waals surface area contributed by atoms with Gasteiger partial charge in [-0.25, -0.2) is 0 Å². The van der Waals surface area contributed by atoms with Crippen LogP contribution in [0.25, 0.3) is 0 Å². The Morgan fingerprint density at radius 2 is 1.55 bits per heavy atom. The summed E-state index contributed by atoms with van der Waals surface area (Å²) in [6, 6.07) is 7.67. The largest absolute Gasteiger partial charge is 0.361 e. The molecule has 0 atom stereocenters. The number of aryl methyl sites for hydroxylation is 2. The molecule has 0 N–H and O–H groups in total. The van der Waals surface area contributed by atoms with Crippen LogP contribution in [0.4, 0.5) is 5.69 Å². The SMILES string of the molecule is Cc1noc(C)c1CC(=O)N1CCN(C(=O)Cc2ccc(N3CCCC3=O)cc2)CC1. The van der Waals surface area contributed by atoms with Gasteiger partial charge >= 0.3 is 0 Å². The van der Waals surface area contributed by atoms with Crippen molar-refractivity contribution in [1.29, 1.82) is 0 Å². The lowest BCUT2D eigenvalue weighted by Gasteiger charge is -2.35. The number of benzene rings is 1. The van der Waals surface area contributed by atoms with Crippen LogP contribution in [-0.2, 0) is 27.2 Å². The van der Waals surface area contributed by atoms with E-state index in [0.717, 1.165) is 35.5 Å². The minimum absolute atomic E-state index is 0.0357. The van der Waals surface area contributed by atoms with Crippen LogP contribution >= 0.6 is 0 Å². The maximum atomic E-state index is 12.7. The Morgan fingerprint density at radius 1 is 0.935 bits per heavy atom. The van der Waals surface area contributed by atoms with Crippen LogP contribution in [0.15, 0.2) is 28.8 Å². The molecular weight excluding hydrogens is 396 g/mol. The fraction of sp³-hybridized carbons (Fsp3) is 0.478. The van der Waals surface area contributed by atoms with Crippen molar-refractivity contribution in [2.24, 2.45) is 0 Å². The van der Waals surface area contributed by atoms with Gasteiger partial charge in [-0.2, -0.15) is 0 Å². The minimum Gasteiger partial charge on any atom is -0.361 e. The molecule has 0 radical (unpaired) electrons. The third-order valence-electron chi connectivity index (χ3n) is 6.17. The molecule has 2 aromatic rings. The van der Waals surface area contributed by atoms with E-state index >= 15 is 0 Å². The summed E-state index contributed by atoms with van der Waals surface area (Å²) >= 11 is 0. The number of amides is 3. The van der Waals surface area contributed by atoms with Gasteiger partial charge in [0.2, 0.25) is 17.7 Å². The summed E-state index contributed by atoms with van der Waals surface area (Å²) in [5, 5.41) is 3.90. The van der Waals surface area contributed by atoms with Crippen molar-refractivity contribution >= 4 is 23.4 Å². The van der Waals surface area contributed by atoms with E-state index in [1.807, 2.05) is 43.0 Å². The molecule has 3 heterocycles. The van der Waals surface area contributed by atoms with E-state index in [4.69, 9.17) is 4.52 Å². The van der Waals surface area contributed by atoms with Gasteiger partial charge in [0.05, 0.1) is 18.5 Å². The van der Waals surface area contributed by atoms with E-state index in [-0.39, 0.29) is 24.1 Å². The highest BCUT2D eigenvalue weighted by molar-refractivity contribution is 5.95. The number of anilines is 1. The highest BCUT2D eigenvalue weighted by Crippen LogP contribution is 2.22. The highest BCUT2D eigenvalue weighted by Gasteiger charge is 2.26. The van der Waals surface area contributed by atoms with Crippen molar-refractivity contribution in [2.75, 3.05) is 37.6 Å². The Labute approximate surface area is 181 Å². The van der Waals surface area contributed by atoms with Crippen LogP contribution < -0.4 is 4.90 Å².